The molecule has 64 heavy (non-hydrogen) atoms. The monoisotopic (exact) mass is 817 g/mol. The highest BCUT2D eigenvalue weighted by Crippen LogP contribution is 2.57. The molecule has 0 spiro atoms. The van der Waals surface area contributed by atoms with E-state index in [4.69, 9.17) is 0 Å². The maximum Gasteiger partial charge on any atom is 0.0714 e. The van der Waals surface area contributed by atoms with Crippen molar-refractivity contribution in [2.45, 2.75) is 5.41 Å². The Labute approximate surface area is 380 Å². The zero-order valence-corrected chi connectivity index (χ0v) is 35.0. The van der Waals surface area contributed by atoms with Gasteiger partial charge in [-0.3, -0.25) is 0 Å². The van der Waals surface area contributed by atoms with Gasteiger partial charge in [-0.1, -0.05) is 212 Å². The van der Waals surface area contributed by atoms with Crippen LogP contribution in [0.2, 0.25) is 0 Å². The SMILES string of the molecule is [2H]c1c([2H])c(N(c2ccc(-c3cccc(-c4ccccc4)c3)cc2)c2ccc3c(c2)C(c2ccccc2)(c2ccccc2)c2ccccc2-3)c([2H])c([2H])c1-c1cc2ccccc2c2ccccc12. The molecule has 0 N–H and O–H groups in total. The highest BCUT2D eigenvalue weighted by Gasteiger charge is 2.46. The molecule has 0 atom stereocenters. The molecule has 1 aliphatic carbocycles. The van der Waals surface area contributed by atoms with Gasteiger partial charge in [0, 0.05) is 17.1 Å². The van der Waals surface area contributed by atoms with E-state index in [9.17, 15) is 5.48 Å². The van der Waals surface area contributed by atoms with Crippen molar-refractivity contribution in [2.75, 3.05) is 4.90 Å². The molecule has 0 aliphatic heterocycles. The number of hydrogen-bond donors (Lipinski definition) is 0. The first-order chi connectivity index (χ1) is 33.4. The Morgan fingerprint density at radius 1 is 0.297 bits per heavy atom. The lowest BCUT2D eigenvalue weighted by Gasteiger charge is -2.35. The fraction of sp³-hybridized carbons (Fsp3) is 0.0159. The van der Waals surface area contributed by atoms with Crippen LogP contribution < -0.4 is 4.90 Å². The van der Waals surface area contributed by atoms with Gasteiger partial charge in [0.15, 0.2) is 0 Å². The average molecular weight is 818 g/mol. The molecule has 1 heteroatoms. The number of rotatable bonds is 8. The normalized spacial score (nSPS) is 13.4. The van der Waals surface area contributed by atoms with Crippen LogP contribution >= 0.6 is 0 Å². The van der Waals surface area contributed by atoms with E-state index >= 15 is 0 Å². The Bertz CT molecular complexity index is 3650. The van der Waals surface area contributed by atoms with Gasteiger partial charge in [-0.15, -0.1) is 0 Å². The van der Waals surface area contributed by atoms with Crippen molar-refractivity contribution in [1.29, 1.82) is 0 Å². The van der Waals surface area contributed by atoms with Gasteiger partial charge in [0.05, 0.1) is 10.9 Å². The number of benzene rings is 11. The summed E-state index contributed by atoms with van der Waals surface area (Å²) in [7, 11) is 0. The molecule has 1 nitrogen and oxygen atoms in total. The van der Waals surface area contributed by atoms with E-state index in [1.54, 1.807) is 0 Å². The maximum absolute atomic E-state index is 9.98. The Balaban J connectivity index is 1.09. The molecule has 0 saturated carbocycles. The second-order valence-corrected chi connectivity index (χ2v) is 16.5. The number of nitrogens with zero attached hydrogens (tertiary/aromatic N) is 1. The molecule has 0 amide bonds. The smallest absolute Gasteiger partial charge is 0.0714 e. The quantitative estimate of drug-likeness (QED) is 0.138. The van der Waals surface area contributed by atoms with Gasteiger partial charge in [0.1, 0.15) is 0 Å². The Hall–Kier alpha value is -8.26. The molecule has 12 rings (SSSR count). The van der Waals surface area contributed by atoms with E-state index in [1.165, 1.54) is 5.56 Å². The molecule has 0 radical (unpaired) electrons. The third-order valence-corrected chi connectivity index (χ3v) is 13.0. The van der Waals surface area contributed by atoms with Gasteiger partial charge in [-0.05, 0) is 137 Å². The molecule has 11 aromatic carbocycles. The summed E-state index contributed by atoms with van der Waals surface area (Å²) < 4.78 is 39.6. The minimum Gasteiger partial charge on any atom is -0.310 e. The minimum absolute atomic E-state index is 0.0998. The van der Waals surface area contributed by atoms with Crippen molar-refractivity contribution >= 4 is 38.6 Å². The third-order valence-electron chi connectivity index (χ3n) is 13.0. The first-order valence-electron chi connectivity index (χ1n) is 23.8. The summed E-state index contributed by atoms with van der Waals surface area (Å²) in [5.74, 6) is 0. The molecule has 300 valence electrons. The highest BCUT2D eigenvalue weighted by atomic mass is 15.1. The molecule has 0 aromatic heterocycles. The van der Waals surface area contributed by atoms with Gasteiger partial charge in [0.25, 0.3) is 0 Å². The fourth-order valence-electron chi connectivity index (χ4n) is 10.1. The molecule has 0 unspecified atom stereocenters. The Morgan fingerprint density at radius 2 is 0.828 bits per heavy atom. The zero-order chi connectivity index (χ0) is 45.9. The average Bonchev–Trinajstić information content (AvgIpc) is 3.70. The van der Waals surface area contributed by atoms with Crippen molar-refractivity contribution in [3.8, 4) is 44.5 Å². The predicted molar refractivity (Wildman–Crippen MR) is 270 cm³/mol. The lowest BCUT2D eigenvalue weighted by Crippen LogP contribution is -2.28. The van der Waals surface area contributed by atoms with Crippen LogP contribution in [0.3, 0.4) is 0 Å². The van der Waals surface area contributed by atoms with Crippen LogP contribution in [0.5, 0.6) is 0 Å². The minimum atomic E-state index is -0.695. The lowest BCUT2D eigenvalue weighted by atomic mass is 9.67. The van der Waals surface area contributed by atoms with Crippen molar-refractivity contribution in [1.82, 2.24) is 0 Å². The molecule has 0 heterocycles. The van der Waals surface area contributed by atoms with Crippen LogP contribution in [0.15, 0.2) is 261 Å². The van der Waals surface area contributed by atoms with Crippen LogP contribution in [0.25, 0.3) is 66.1 Å². The highest BCUT2D eigenvalue weighted by molar-refractivity contribution is 6.13. The van der Waals surface area contributed by atoms with Gasteiger partial charge in [-0.2, -0.15) is 0 Å². The van der Waals surface area contributed by atoms with Crippen molar-refractivity contribution in [3.05, 3.63) is 283 Å². The van der Waals surface area contributed by atoms with Crippen LogP contribution in [0, 0.1) is 0 Å². The molecule has 1 aliphatic rings. The predicted octanol–water partition coefficient (Wildman–Crippen LogP) is 16.8. The topological polar surface area (TPSA) is 3.24 Å². The van der Waals surface area contributed by atoms with Crippen LogP contribution in [-0.4, -0.2) is 0 Å². The Morgan fingerprint density at radius 3 is 1.53 bits per heavy atom. The second-order valence-electron chi connectivity index (χ2n) is 16.5. The van der Waals surface area contributed by atoms with Crippen molar-refractivity contribution in [2.24, 2.45) is 0 Å². The van der Waals surface area contributed by atoms with E-state index in [0.29, 0.717) is 11.3 Å². The largest absolute Gasteiger partial charge is 0.310 e. The summed E-state index contributed by atoms with van der Waals surface area (Å²) >= 11 is 0. The fourth-order valence-corrected chi connectivity index (χ4v) is 10.1. The summed E-state index contributed by atoms with van der Waals surface area (Å²) in [5.41, 5.74) is 12.9. The maximum atomic E-state index is 9.98. The standard InChI is InChI=1S/C63H43N/c1-4-17-44(18-5-1)47-20-16-21-48(41-47)45-31-35-52(36-32-45)64(53-37-33-46(34-38-53)60-42-49-19-10-11-26-55(49)56-27-12-13-28-57(56)60)54-39-40-59-58-29-14-15-30-61(58)63(62(59)43-54,50-22-6-2-7-23-50)51-24-8-3-9-25-51/h1-43H/i33D,34D,37D,38D. The molecule has 0 bridgehead atoms. The van der Waals surface area contributed by atoms with Gasteiger partial charge in [0.2, 0.25) is 0 Å². The molecule has 0 saturated heterocycles. The van der Waals surface area contributed by atoms with Crippen LogP contribution in [0.1, 0.15) is 27.7 Å². The van der Waals surface area contributed by atoms with Crippen LogP contribution in [-0.2, 0) is 5.41 Å². The summed E-state index contributed by atoms with van der Waals surface area (Å²) in [5, 5.41) is 3.91. The van der Waals surface area contributed by atoms with Crippen molar-refractivity contribution < 1.29 is 5.48 Å². The summed E-state index contributed by atoms with van der Waals surface area (Å²) in [6.45, 7) is 0. The third kappa shape index (κ3) is 6.16. The summed E-state index contributed by atoms with van der Waals surface area (Å²) in [6.07, 6.45) is 0. The van der Waals surface area contributed by atoms with E-state index < -0.39 is 5.41 Å². The first-order valence-corrected chi connectivity index (χ1v) is 21.8. The molecule has 0 fully saturated rings. The number of fused-ring (bicyclic) bond motifs is 6. The molecule has 11 aromatic rings. The second kappa shape index (κ2) is 15.6. The Kier molecular flexibility index (Phi) is 8.12. The van der Waals surface area contributed by atoms with E-state index in [-0.39, 0.29) is 35.4 Å². The van der Waals surface area contributed by atoms with Crippen molar-refractivity contribution in [3.63, 3.8) is 0 Å². The molecular weight excluding hydrogens is 771 g/mol. The van der Waals surface area contributed by atoms with Gasteiger partial charge < -0.3 is 4.90 Å². The van der Waals surface area contributed by atoms with E-state index in [1.807, 2.05) is 65.6 Å². The summed E-state index contributed by atoms with van der Waals surface area (Å²) in [6, 6.07) is 81.2. The zero-order valence-electron chi connectivity index (χ0n) is 39.0. The van der Waals surface area contributed by atoms with Gasteiger partial charge in [-0.25, -0.2) is 0 Å². The lowest BCUT2D eigenvalue weighted by molar-refractivity contribution is 0.768. The van der Waals surface area contributed by atoms with Gasteiger partial charge >= 0.3 is 0 Å². The van der Waals surface area contributed by atoms with Crippen LogP contribution in [0.4, 0.5) is 17.1 Å². The summed E-state index contributed by atoms with van der Waals surface area (Å²) in [4.78, 5) is 1.93. The van der Waals surface area contributed by atoms with E-state index in [0.717, 1.165) is 77.3 Å². The first kappa shape index (κ1) is 33.4. The van der Waals surface area contributed by atoms with E-state index in [2.05, 4.69) is 176 Å². The molecular formula is C63H43N. The number of hydrogen-bond acceptors (Lipinski definition) is 1. The number of anilines is 3.